The Kier molecular flexibility index (Phi) is 5.72. The number of methoxy groups -OCH3 is 2. The molecule has 3 aromatic rings. The number of nitrogens with two attached hydrogens (primary N) is 1. The van der Waals surface area contributed by atoms with Crippen LogP contribution in [0.25, 0.3) is 11.0 Å². The molecule has 0 radical (unpaired) electrons. The first-order valence-corrected chi connectivity index (χ1v) is 11.1. The van der Waals surface area contributed by atoms with E-state index in [1.165, 1.54) is 12.1 Å². The third kappa shape index (κ3) is 3.37. The smallest absolute Gasteiger partial charge is 0.357 e. The fourth-order valence-corrected chi connectivity index (χ4v) is 4.64. The largest absolute Gasteiger partial charge is 0.465 e. The molecule has 158 valence electrons. The molecule has 0 aliphatic heterocycles. The van der Waals surface area contributed by atoms with Gasteiger partial charge in [0.15, 0.2) is 11.3 Å². The van der Waals surface area contributed by atoms with Gasteiger partial charge in [0.1, 0.15) is 10.6 Å². The van der Waals surface area contributed by atoms with Gasteiger partial charge in [-0.3, -0.25) is 0 Å². The highest BCUT2D eigenvalue weighted by Crippen LogP contribution is 2.35. The average Bonchev–Trinajstić information content (AvgIpc) is 3.12. The minimum absolute atomic E-state index is 0.0258. The number of aromatic nitrogens is 3. The monoisotopic (exact) mass is 450 g/mol. The Morgan fingerprint density at radius 1 is 1.10 bits per heavy atom. The van der Waals surface area contributed by atoms with E-state index in [1.54, 1.807) is 18.4 Å². The van der Waals surface area contributed by atoms with Crippen molar-refractivity contribution in [1.82, 2.24) is 14.2 Å². The molecule has 2 aromatic heterocycles. The Balaban J connectivity index is 2.43. The van der Waals surface area contributed by atoms with Crippen molar-refractivity contribution in [3.8, 4) is 0 Å². The number of thioether (sulfide) groups is 1. The number of ether oxygens (including phenoxy) is 2. The molecule has 0 fully saturated rings. The summed E-state index contributed by atoms with van der Waals surface area (Å²) < 4.78 is 36.5. The summed E-state index contributed by atoms with van der Waals surface area (Å²) in [6.45, 7) is 1.82. The lowest BCUT2D eigenvalue weighted by Gasteiger charge is -2.11. The van der Waals surface area contributed by atoms with Gasteiger partial charge >= 0.3 is 11.9 Å². The highest BCUT2D eigenvalue weighted by Gasteiger charge is 2.32. The van der Waals surface area contributed by atoms with Crippen molar-refractivity contribution in [2.45, 2.75) is 16.8 Å². The van der Waals surface area contributed by atoms with Gasteiger partial charge in [-0.1, -0.05) is 17.7 Å². The Bertz CT molecular complexity index is 1270. The van der Waals surface area contributed by atoms with Crippen LogP contribution in [-0.2, 0) is 19.5 Å². The Labute approximate surface area is 176 Å². The second kappa shape index (κ2) is 7.95. The minimum atomic E-state index is -4.17. The highest BCUT2D eigenvalue weighted by atomic mass is 32.2. The predicted molar refractivity (Wildman–Crippen MR) is 110 cm³/mol. The summed E-state index contributed by atoms with van der Waals surface area (Å²) in [7, 11) is -1.96. The molecule has 10 nitrogen and oxygen atoms in total. The molecule has 3 rings (SSSR count). The first kappa shape index (κ1) is 21.6. The number of aryl methyl sites for hydroxylation is 1. The van der Waals surface area contributed by atoms with Gasteiger partial charge in [-0.15, -0.1) is 20.9 Å². The topological polar surface area (TPSA) is 143 Å². The van der Waals surface area contributed by atoms with Crippen molar-refractivity contribution >= 4 is 50.4 Å². The molecule has 1 aromatic carbocycles. The van der Waals surface area contributed by atoms with Gasteiger partial charge in [-0.2, -0.15) is 8.42 Å². The maximum absolute atomic E-state index is 13.2. The molecule has 0 bridgehead atoms. The lowest BCUT2D eigenvalue weighted by molar-refractivity contribution is 0.0551. The molecule has 0 spiro atoms. The molecule has 0 aliphatic carbocycles. The summed E-state index contributed by atoms with van der Waals surface area (Å²) in [5.74, 6) is -1.89. The Morgan fingerprint density at radius 2 is 1.70 bits per heavy atom. The second-order valence-electron chi connectivity index (χ2n) is 6.10. The summed E-state index contributed by atoms with van der Waals surface area (Å²) in [5.41, 5.74) is 5.88. The van der Waals surface area contributed by atoms with Crippen molar-refractivity contribution < 1.29 is 27.5 Å². The third-order valence-corrected chi connectivity index (χ3v) is 6.55. The first-order valence-electron chi connectivity index (χ1n) is 8.42. The number of benzene rings is 1. The third-order valence-electron chi connectivity index (χ3n) is 4.30. The second-order valence-corrected chi connectivity index (χ2v) is 8.66. The SMILES string of the molecule is COC(=O)c1nc2c(c(SC)nn2S(=O)(=O)c2ccc(C)cc2)c(N)c1C(=O)OC. The number of pyridine rings is 1. The summed E-state index contributed by atoms with van der Waals surface area (Å²) in [4.78, 5) is 28.6. The van der Waals surface area contributed by atoms with Gasteiger partial charge in [0, 0.05) is 0 Å². The Hall–Kier alpha value is -3.12. The summed E-state index contributed by atoms with van der Waals surface area (Å²) in [6.07, 6.45) is 1.66. The van der Waals surface area contributed by atoms with Gasteiger partial charge in [0.25, 0.3) is 10.0 Å². The van der Waals surface area contributed by atoms with Crippen molar-refractivity contribution in [3.63, 3.8) is 0 Å². The van der Waals surface area contributed by atoms with Gasteiger partial charge < -0.3 is 15.2 Å². The standard InChI is InChI=1S/C18H18N4O6S2/c1-9-5-7-10(8-6-9)30(25,26)22-15-12(16(21-22)29-4)13(19)11(17(23)27-2)14(20-15)18(24)28-3/h5-8H,1-4H3,(H2,19,20). The molecule has 2 heterocycles. The number of nitrogen functional groups attached to an aromatic ring is 1. The first-order chi connectivity index (χ1) is 14.2. The average molecular weight is 450 g/mol. The van der Waals surface area contributed by atoms with Crippen LogP contribution in [0.1, 0.15) is 26.4 Å². The maximum Gasteiger partial charge on any atom is 0.357 e. The number of fused-ring (bicyclic) bond motifs is 1. The lowest BCUT2D eigenvalue weighted by atomic mass is 10.1. The number of carbonyl (C=O) groups is 2. The van der Waals surface area contributed by atoms with E-state index in [4.69, 9.17) is 10.5 Å². The van der Waals surface area contributed by atoms with Gasteiger partial charge in [0.05, 0.1) is 30.2 Å². The fraction of sp³-hybridized carbons (Fsp3) is 0.222. The summed E-state index contributed by atoms with van der Waals surface area (Å²) in [5, 5.41) is 4.47. The van der Waals surface area contributed by atoms with Crippen LogP contribution >= 0.6 is 11.8 Å². The molecule has 12 heteroatoms. The van der Waals surface area contributed by atoms with Gasteiger partial charge in [0.2, 0.25) is 0 Å². The fourth-order valence-electron chi connectivity index (χ4n) is 2.79. The summed E-state index contributed by atoms with van der Waals surface area (Å²) >= 11 is 1.11. The Morgan fingerprint density at radius 3 is 2.23 bits per heavy atom. The van der Waals surface area contributed by atoms with E-state index in [0.717, 1.165) is 31.5 Å². The van der Waals surface area contributed by atoms with Gasteiger partial charge in [-0.25, -0.2) is 14.6 Å². The molecule has 0 unspecified atom stereocenters. The van der Waals surface area contributed by atoms with E-state index < -0.39 is 27.7 Å². The van der Waals surface area contributed by atoms with E-state index in [2.05, 4.69) is 14.8 Å². The molecule has 30 heavy (non-hydrogen) atoms. The van der Waals surface area contributed by atoms with Crippen LogP contribution in [-0.4, -0.2) is 55.0 Å². The number of esters is 2. The van der Waals surface area contributed by atoms with Crippen LogP contribution in [0.5, 0.6) is 0 Å². The zero-order valence-corrected chi connectivity index (χ0v) is 18.1. The van der Waals surface area contributed by atoms with Crippen molar-refractivity contribution in [2.75, 3.05) is 26.2 Å². The zero-order chi connectivity index (χ0) is 22.2. The molecule has 0 saturated carbocycles. The number of anilines is 1. The van der Waals surface area contributed by atoms with E-state index in [9.17, 15) is 18.0 Å². The molecule has 2 N–H and O–H groups in total. The maximum atomic E-state index is 13.2. The van der Waals surface area contributed by atoms with E-state index >= 15 is 0 Å². The van der Waals surface area contributed by atoms with Crippen LogP contribution in [0.2, 0.25) is 0 Å². The highest BCUT2D eigenvalue weighted by molar-refractivity contribution is 7.98. The van der Waals surface area contributed by atoms with Crippen molar-refractivity contribution in [1.29, 1.82) is 0 Å². The minimum Gasteiger partial charge on any atom is -0.465 e. The molecular formula is C18H18N4O6S2. The van der Waals surface area contributed by atoms with E-state index in [1.807, 2.05) is 6.92 Å². The van der Waals surface area contributed by atoms with Crippen LogP contribution in [0.3, 0.4) is 0 Å². The van der Waals surface area contributed by atoms with Crippen molar-refractivity contribution in [2.24, 2.45) is 0 Å². The quantitative estimate of drug-likeness (QED) is 0.452. The van der Waals surface area contributed by atoms with Crippen LogP contribution in [0.15, 0.2) is 34.2 Å². The van der Waals surface area contributed by atoms with Crippen LogP contribution < -0.4 is 5.73 Å². The van der Waals surface area contributed by atoms with Crippen LogP contribution in [0.4, 0.5) is 5.69 Å². The normalized spacial score (nSPS) is 11.5. The number of carbonyl (C=O) groups excluding carboxylic acids is 2. The number of nitrogens with zero attached hydrogens (tertiary/aromatic N) is 3. The van der Waals surface area contributed by atoms with Gasteiger partial charge in [-0.05, 0) is 25.3 Å². The van der Waals surface area contributed by atoms with E-state index in [0.29, 0.717) is 4.09 Å². The molecule has 0 atom stereocenters. The van der Waals surface area contributed by atoms with Crippen molar-refractivity contribution in [3.05, 3.63) is 41.1 Å². The molecule has 0 aliphatic rings. The van der Waals surface area contributed by atoms with E-state index in [-0.39, 0.29) is 32.2 Å². The number of rotatable bonds is 5. The molecule has 0 amide bonds. The summed E-state index contributed by atoms with van der Waals surface area (Å²) in [6, 6.07) is 6.16. The molecular weight excluding hydrogens is 432 g/mol. The van der Waals surface area contributed by atoms with Crippen LogP contribution in [0, 0.1) is 6.92 Å². The zero-order valence-electron chi connectivity index (χ0n) is 16.5. The lowest BCUT2D eigenvalue weighted by Crippen LogP contribution is -2.19. The molecule has 0 saturated heterocycles. The number of hydrogen-bond acceptors (Lipinski definition) is 10. The number of hydrogen-bond donors (Lipinski definition) is 1. The predicted octanol–water partition coefficient (Wildman–Crippen LogP) is 1.85.